The topological polar surface area (TPSA) is 134 Å². The number of ether oxygens (including phenoxy) is 2. The van der Waals surface area contributed by atoms with Crippen LogP contribution in [0, 0.1) is 5.92 Å². The Kier molecular flexibility index (Phi) is 22.7. The molecule has 8 nitrogen and oxygen atoms in total. The largest absolute Gasteiger partial charge is 0.504 e. The molecule has 0 heterocycles. The van der Waals surface area contributed by atoms with Gasteiger partial charge in [-0.3, -0.25) is 10.1 Å². The molecule has 2 aromatic rings. The fourth-order valence-electron chi connectivity index (χ4n) is 3.57. The number of aliphatic hydroxyl groups is 1. The summed E-state index contributed by atoms with van der Waals surface area (Å²) < 4.78 is 9.36. The minimum absolute atomic E-state index is 0.0651. The molecule has 1 unspecified atom stereocenters. The molecule has 0 amide bonds. The van der Waals surface area contributed by atoms with E-state index in [4.69, 9.17) is 20.4 Å². The Balaban J connectivity index is 0.000000689. The normalized spacial score (nSPS) is 10.9. The number of aromatic hydroxyl groups is 2. The Bertz CT molecular complexity index is 834. The van der Waals surface area contributed by atoms with Crippen LogP contribution in [0.2, 0.25) is 0 Å². The molecule has 0 spiro atoms. The van der Waals surface area contributed by atoms with E-state index in [9.17, 15) is 10.2 Å². The summed E-state index contributed by atoms with van der Waals surface area (Å²) in [5, 5.41) is 30.1. The van der Waals surface area contributed by atoms with Crippen molar-refractivity contribution in [3.05, 3.63) is 53.6 Å². The predicted molar refractivity (Wildman–Crippen MR) is 153 cm³/mol. The first-order valence-electron chi connectivity index (χ1n) is 13.6. The molecule has 2 aromatic carbocycles. The van der Waals surface area contributed by atoms with Crippen molar-refractivity contribution < 1.29 is 29.6 Å². The Morgan fingerprint density at radius 3 is 2.26 bits per heavy atom. The third kappa shape index (κ3) is 19.3. The minimum atomic E-state index is -0.0801. The standard InChI is InChI=1S/C17H21NO3.C11H25NO.C2H4O2/c18-9-10-21-15-6-2-5-13(11-15)3-1-4-14-7-8-16(19)17(20)12-14;1-3-11(2)8-6-4-5-7-9-12-10-13;1-4-2-3/h2,5-8,11-12,19-20H,1,3-4,9-10,18H2;11-13H,3-10H2,1-2H3;2H,1H3. The van der Waals surface area contributed by atoms with Gasteiger partial charge in [0.2, 0.25) is 0 Å². The molecule has 0 saturated heterocycles. The van der Waals surface area contributed by atoms with Crippen molar-refractivity contribution >= 4 is 6.47 Å². The molecule has 0 radical (unpaired) electrons. The Labute approximate surface area is 229 Å². The zero-order valence-electron chi connectivity index (χ0n) is 23.5. The fraction of sp³-hybridized carbons (Fsp3) is 0.567. The number of nitrogens with one attached hydrogen (secondary N) is 1. The van der Waals surface area contributed by atoms with Crippen molar-refractivity contribution in [2.75, 3.05) is 33.5 Å². The van der Waals surface area contributed by atoms with E-state index in [1.165, 1.54) is 57.3 Å². The second-order valence-corrected chi connectivity index (χ2v) is 9.17. The Morgan fingerprint density at radius 2 is 1.66 bits per heavy atom. The number of nitrogens with two attached hydrogens (primary N) is 1. The molecule has 6 N–H and O–H groups in total. The van der Waals surface area contributed by atoms with Crippen molar-refractivity contribution in [3.63, 3.8) is 0 Å². The zero-order valence-corrected chi connectivity index (χ0v) is 23.5. The highest BCUT2D eigenvalue weighted by Gasteiger charge is 2.02. The molecule has 1 atom stereocenters. The molecule has 0 aliphatic rings. The highest BCUT2D eigenvalue weighted by Crippen LogP contribution is 2.25. The molecule has 38 heavy (non-hydrogen) atoms. The van der Waals surface area contributed by atoms with Gasteiger partial charge < -0.3 is 30.5 Å². The number of rotatable bonds is 17. The third-order valence-corrected chi connectivity index (χ3v) is 5.96. The van der Waals surface area contributed by atoms with Gasteiger partial charge in [-0.15, -0.1) is 0 Å². The van der Waals surface area contributed by atoms with Crippen LogP contribution in [0.1, 0.15) is 69.9 Å². The molecule has 0 aliphatic heterocycles. The summed E-state index contributed by atoms with van der Waals surface area (Å²) in [4.78, 5) is 8.95. The summed E-state index contributed by atoms with van der Waals surface area (Å²) in [5.74, 6) is 1.60. The lowest BCUT2D eigenvalue weighted by Crippen LogP contribution is -2.15. The smallest absolute Gasteiger partial charge is 0.292 e. The van der Waals surface area contributed by atoms with Gasteiger partial charge in [-0.05, 0) is 73.5 Å². The van der Waals surface area contributed by atoms with Gasteiger partial charge in [-0.25, -0.2) is 0 Å². The average Bonchev–Trinajstić information content (AvgIpc) is 2.94. The molecule has 0 aliphatic carbocycles. The van der Waals surface area contributed by atoms with Crippen molar-refractivity contribution in [3.8, 4) is 17.2 Å². The van der Waals surface area contributed by atoms with Gasteiger partial charge in [0, 0.05) is 6.54 Å². The predicted octanol–water partition coefficient (Wildman–Crippen LogP) is 4.92. The molecule has 0 bridgehead atoms. The SMILES string of the molecule is CCC(C)CCCCCCNCO.COC=O.NCCOc1cccc(CCCc2ccc(O)c(O)c2)c1. The summed E-state index contributed by atoms with van der Waals surface area (Å²) >= 11 is 0. The van der Waals surface area contributed by atoms with E-state index >= 15 is 0 Å². The maximum atomic E-state index is 9.46. The number of carbonyl (C=O) groups excluding carboxylic acids is 1. The van der Waals surface area contributed by atoms with Crippen molar-refractivity contribution in [2.24, 2.45) is 11.7 Å². The zero-order chi connectivity index (χ0) is 28.4. The van der Waals surface area contributed by atoms with Crippen LogP contribution >= 0.6 is 0 Å². The quantitative estimate of drug-likeness (QED) is 0.0835. The van der Waals surface area contributed by atoms with E-state index < -0.39 is 0 Å². The number of hydrogen-bond donors (Lipinski definition) is 5. The number of phenols is 2. The lowest BCUT2D eigenvalue weighted by molar-refractivity contribution is -0.126. The van der Waals surface area contributed by atoms with Crippen LogP contribution in [0.3, 0.4) is 0 Å². The summed E-state index contributed by atoms with van der Waals surface area (Å²) in [6.45, 7) is 7.07. The van der Waals surface area contributed by atoms with E-state index in [0.717, 1.165) is 43.0 Å². The Morgan fingerprint density at radius 1 is 0.974 bits per heavy atom. The third-order valence-electron chi connectivity index (χ3n) is 5.96. The first-order chi connectivity index (χ1) is 18.4. The van der Waals surface area contributed by atoms with Gasteiger partial charge >= 0.3 is 0 Å². The van der Waals surface area contributed by atoms with Crippen LogP contribution in [-0.4, -0.2) is 55.3 Å². The van der Waals surface area contributed by atoms with Crippen molar-refractivity contribution in [1.82, 2.24) is 5.32 Å². The van der Waals surface area contributed by atoms with Crippen LogP contribution < -0.4 is 15.8 Å². The molecule has 0 fully saturated rings. The minimum Gasteiger partial charge on any atom is -0.504 e. The first kappa shape index (κ1) is 35.2. The van der Waals surface area contributed by atoms with Gasteiger partial charge in [-0.1, -0.05) is 64.2 Å². The highest BCUT2D eigenvalue weighted by atomic mass is 16.5. The van der Waals surface area contributed by atoms with E-state index in [1.807, 2.05) is 24.3 Å². The number of unbranched alkanes of at least 4 members (excludes halogenated alkanes) is 3. The summed E-state index contributed by atoms with van der Waals surface area (Å²) in [7, 11) is 1.31. The first-order valence-corrected chi connectivity index (χ1v) is 13.6. The van der Waals surface area contributed by atoms with E-state index in [2.05, 4.69) is 30.0 Å². The van der Waals surface area contributed by atoms with Crippen molar-refractivity contribution in [2.45, 2.75) is 71.6 Å². The number of aliphatic hydroxyl groups excluding tert-OH is 1. The van der Waals surface area contributed by atoms with Gasteiger partial charge in [0.25, 0.3) is 6.47 Å². The number of aryl methyl sites for hydroxylation is 2. The van der Waals surface area contributed by atoms with Gasteiger partial charge in [0.1, 0.15) is 12.4 Å². The van der Waals surface area contributed by atoms with E-state index in [1.54, 1.807) is 6.07 Å². The van der Waals surface area contributed by atoms with Crippen LogP contribution in [0.25, 0.3) is 0 Å². The maximum Gasteiger partial charge on any atom is 0.292 e. The van der Waals surface area contributed by atoms with Gasteiger partial charge in [0.05, 0.1) is 13.8 Å². The summed E-state index contributed by atoms with van der Waals surface area (Å²) in [6.07, 6.45) is 10.6. The summed E-state index contributed by atoms with van der Waals surface area (Å²) in [5.41, 5.74) is 7.65. The fourth-order valence-corrected chi connectivity index (χ4v) is 3.57. The molecule has 0 aromatic heterocycles. The number of phenolic OH excluding ortho intramolecular Hbond substituents is 2. The maximum absolute atomic E-state index is 9.46. The molecular formula is C30H50N2O6. The monoisotopic (exact) mass is 534 g/mol. The molecule has 216 valence electrons. The van der Waals surface area contributed by atoms with Crippen molar-refractivity contribution in [1.29, 1.82) is 0 Å². The lowest BCUT2D eigenvalue weighted by atomic mass is 10.0. The number of carbonyl (C=O) groups is 1. The number of methoxy groups -OCH3 is 1. The molecular weight excluding hydrogens is 484 g/mol. The van der Waals surface area contributed by atoms with Crippen LogP contribution in [0.4, 0.5) is 0 Å². The highest BCUT2D eigenvalue weighted by molar-refractivity contribution is 5.40. The number of benzene rings is 2. The second kappa shape index (κ2) is 24.5. The summed E-state index contributed by atoms with van der Waals surface area (Å²) in [6, 6.07) is 13.0. The van der Waals surface area contributed by atoms with Crippen LogP contribution in [-0.2, 0) is 22.4 Å². The molecule has 8 heteroatoms. The molecule has 2 rings (SSSR count). The van der Waals surface area contributed by atoms with E-state index in [0.29, 0.717) is 19.6 Å². The van der Waals surface area contributed by atoms with Crippen LogP contribution in [0.15, 0.2) is 42.5 Å². The second-order valence-electron chi connectivity index (χ2n) is 9.17. The average molecular weight is 535 g/mol. The van der Waals surface area contributed by atoms with E-state index in [-0.39, 0.29) is 18.2 Å². The molecule has 0 saturated carbocycles. The number of hydrogen-bond acceptors (Lipinski definition) is 8. The van der Waals surface area contributed by atoms with Crippen LogP contribution in [0.5, 0.6) is 17.2 Å². The van der Waals surface area contributed by atoms with Gasteiger partial charge in [-0.2, -0.15) is 0 Å². The lowest BCUT2D eigenvalue weighted by Gasteiger charge is -2.07. The Hall–Kier alpha value is -2.81. The van der Waals surface area contributed by atoms with Gasteiger partial charge in [0.15, 0.2) is 11.5 Å².